The van der Waals surface area contributed by atoms with E-state index in [4.69, 9.17) is 5.11 Å². The summed E-state index contributed by atoms with van der Waals surface area (Å²) in [6, 6.07) is 4.89. The minimum Gasteiger partial charge on any atom is -0.476 e. The van der Waals surface area contributed by atoms with Crippen molar-refractivity contribution in [2.24, 2.45) is 0 Å². The van der Waals surface area contributed by atoms with Crippen LogP contribution in [0.1, 0.15) is 21.9 Å². The number of aryl methyl sites for hydroxylation is 2. The van der Waals surface area contributed by atoms with Gasteiger partial charge in [-0.25, -0.2) is 9.48 Å². The molecule has 0 saturated heterocycles. The smallest absolute Gasteiger partial charge is 0.356 e. The summed E-state index contributed by atoms with van der Waals surface area (Å²) in [7, 11) is 0. The van der Waals surface area contributed by atoms with E-state index in [1.54, 1.807) is 10.7 Å². The summed E-state index contributed by atoms with van der Waals surface area (Å²) in [6.07, 6.45) is 0. The highest BCUT2D eigenvalue weighted by Gasteiger charge is 2.08. The Balaban J connectivity index is 2.42. The number of carbonyl (C=O) groups is 1. The molecule has 2 rings (SSSR count). The molecule has 0 atom stereocenters. The SMILES string of the molecule is Cc1cc(C)n(-c2ccc(C(=O)O)nn2)n1. The highest BCUT2D eigenvalue weighted by atomic mass is 16.4. The van der Waals surface area contributed by atoms with Crippen LogP contribution in [0.4, 0.5) is 0 Å². The van der Waals surface area contributed by atoms with Crippen LogP contribution >= 0.6 is 0 Å². The van der Waals surface area contributed by atoms with Crippen molar-refractivity contribution in [3.8, 4) is 5.82 Å². The van der Waals surface area contributed by atoms with Crippen LogP contribution in [0.5, 0.6) is 0 Å². The standard InChI is InChI=1S/C10H10N4O2/c1-6-5-7(2)14(13-6)9-4-3-8(10(15)16)11-12-9/h3-5H,1-2H3,(H,15,16). The molecule has 2 aromatic heterocycles. The Bertz CT molecular complexity index is 530. The van der Waals surface area contributed by atoms with Crippen molar-refractivity contribution in [2.45, 2.75) is 13.8 Å². The Morgan fingerprint density at radius 3 is 2.50 bits per heavy atom. The molecule has 0 saturated carbocycles. The summed E-state index contributed by atoms with van der Waals surface area (Å²) in [5.74, 6) is -0.581. The van der Waals surface area contributed by atoms with Crippen molar-refractivity contribution in [1.29, 1.82) is 0 Å². The molecule has 0 aliphatic heterocycles. The van der Waals surface area contributed by atoms with Gasteiger partial charge in [0.25, 0.3) is 0 Å². The van der Waals surface area contributed by atoms with Gasteiger partial charge in [0, 0.05) is 5.69 Å². The number of hydrogen-bond acceptors (Lipinski definition) is 4. The number of carboxylic acids is 1. The zero-order valence-corrected chi connectivity index (χ0v) is 8.88. The van der Waals surface area contributed by atoms with Crippen molar-refractivity contribution in [3.05, 3.63) is 35.3 Å². The summed E-state index contributed by atoms with van der Waals surface area (Å²) >= 11 is 0. The molecule has 1 N–H and O–H groups in total. The third-order valence-electron chi connectivity index (χ3n) is 2.10. The lowest BCUT2D eigenvalue weighted by molar-refractivity contribution is 0.0689. The Morgan fingerprint density at radius 1 is 1.31 bits per heavy atom. The van der Waals surface area contributed by atoms with Crippen molar-refractivity contribution < 1.29 is 9.90 Å². The maximum atomic E-state index is 10.6. The molecule has 0 radical (unpaired) electrons. The highest BCUT2D eigenvalue weighted by Crippen LogP contribution is 2.08. The highest BCUT2D eigenvalue weighted by molar-refractivity contribution is 5.85. The van der Waals surface area contributed by atoms with E-state index in [9.17, 15) is 4.79 Å². The summed E-state index contributed by atoms with van der Waals surface area (Å²) < 4.78 is 1.62. The van der Waals surface area contributed by atoms with E-state index in [0.29, 0.717) is 5.82 Å². The average molecular weight is 218 g/mol. The first-order valence-corrected chi connectivity index (χ1v) is 4.68. The fourth-order valence-electron chi connectivity index (χ4n) is 1.41. The van der Waals surface area contributed by atoms with E-state index < -0.39 is 5.97 Å². The monoisotopic (exact) mass is 218 g/mol. The maximum Gasteiger partial charge on any atom is 0.356 e. The molecule has 0 aromatic carbocycles. The van der Waals surface area contributed by atoms with Crippen LogP contribution in [0.25, 0.3) is 5.82 Å². The second-order valence-electron chi connectivity index (χ2n) is 3.42. The summed E-state index contributed by atoms with van der Waals surface area (Å²) in [6.45, 7) is 3.77. The first-order chi connectivity index (χ1) is 7.58. The number of rotatable bonds is 2. The second-order valence-corrected chi connectivity index (χ2v) is 3.42. The van der Waals surface area contributed by atoms with Gasteiger partial charge in [-0.1, -0.05) is 0 Å². The molecular weight excluding hydrogens is 208 g/mol. The molecule has 16 heavy (non-hydrogen) atoms. The lowest BCUT2D eigenvalue weighted by Gasteiger charge is -2.01. The molecule has 0 unspecified atom stereocenters. The average Bonchev–Trinajstić information content (AvgIpc) is 2.58. The maximum absolute atomic E-state index is 10.6. The number of aromatic nitrogens is 4. The van der Waals surface area contributed by atoms with Crippen LogP contribution in [0, 0.1) is 13.8 Å². The van der Waals surface area contributed by atoms with E-state index in [1.807, 2.05) is 19.9 Å². The Morgan fingerprint density at radius 2 is 2.06 bits per heavy atom. The van der Waals surface area contributed by atoms with Crippen molar-refractivity contribution in [3.63, 3.8) is 0 Å². The van der Waals surface area contributed by atoms with Gasteiger partial charge in [0.05, 0.1) is 5.69 Å². The Labute approximate surface area is 91.6 Å². The van der Waals surface area contributed by atoms with Gasteiger partial charge in [-0.15, -0.1) is 10.2 Å². The quantitative estimate of drug-likeness (QED) is 0.812. The summed E-state index contributed by atoms with van der Waals surface area (Å²) in [4.78, 5) is 10.6. The first-order valence-electron chi connectivity index (χ1n) is 4.68. The van der Waals surface area contributed by atoms with Gasteiger partial charge in [-0.2, -0.15) is 5.10 Å². The molecule has 0 aliphatic rings. The van der Waals surface area contributed by atoms with Gasteiger partial charge < -0.3 is 5.11 Å². The number of hydrogen-bond donors (Lipinski definition) is 1. The van der Waals surface area contributed by atoms with E-state index in [0.717, 1.165) is 11.4 Å². The predicted octanol–water partition coefficient (Wildman–Crippen LogP) is 0.977. The second kappa shape index (κ2) is 3.73. The number of nitrogens with zero attached hydrogens (tertiary/aromatic N) is 4. The molecule has 0 spiro atoms. The predicted molar refractivity (Wildman–Crippen MR) is 55.6 cm³/mol. The van der Waals surface area contributed by atoms with Gasteiger partial charge in [0.15, 0.2) is 11.5 Å². The molecule has 82 valence electrons. The number of carboxylic acid groups (broad SMARTS) is 1. The van der Waals surface area contributed by atoms with E-state index in [1.165, 1.54) is 6.07 Å². The van der Waals surface area contributed by atoms with Crippen LogP contribution in [0.3, 0.4) is 0 Å². The van der Waals surface area contributed by atoms with E-state index in [-0.39, 0.29) is 5.69 Å². The minimum absolute atomic E-state index is 0.0784. The molecule has 2 aromatic rings. The van der Waals surface area contributed by atoms with Gasteiger partial charge >= 0.3 is 5.97 Å². The third-order valence-corrected chi connectivity index (χ3v) is 2.10. The molecule has 2 heterocycles. The third kappa shape index (κ3) is 1.77. The lowest BCUT2D eigenvalue weighted by atomic mass is 10.4. The summed E-state index contributed by atoms with van der Waals surface area (Å²) in [5.41, 5.74) is 1.72. The lowest BCUT2D eigenvalue weighted by Crippen LogP contribution is -2.07. The first kappa shape index (κ1) is 10.3. The Hall–Kier alpha value is -2.24. The van der Waals surface area contributed by atoms with Crippen molar-refractivity contribution in [2.75, 3.05) is 0 Å². The largest absolute Gasteiger partial charge is 0.476 e. The molecule has 0 amide bonds. The molecule has 0 fully saturated rings. The van der Waals surface area contributed by atoms with E-state index in [2.05, 4.69) is 15.3 Å². The molecule has 0 aliphatic carbocycles. The normalized spacial score (nSPS) is 10.4. The van der Waals surface area contributed by atoms with Crippen LogP contribution in [-0.4, -0.2) is 31.1 Å². The van der Waals surface area contributed by atoms with Crippen LogP contribution < -0.4 is 0 Å². The van der Waals surface area contributed by atoms with Gasteiger partial charge in [0.1, 0.15) is 0 Å². The molecule has 6 nitrogen and oxygen atoms in total. The van der Waals surface area contributed by atoms with Crippen molar-refractivity contribution in [1.82, 2.24) is 20.0 Å². The van der Waals surface area contributed by atoms with Crippen molar-refractivity contribution >= 4 is 5.97 Å². The van der Waals surface area contributed by atoms with Gasteiger partial charge in [0.2, 0.25) is 0 Å². The van der Waals surface area contributed by atoms with Crippen LogP contribution in [0.15, 0.2) is 18.2 Å². The van der Waals surface area contributed by atoms with Crippen LogP contribution in [-0.2, 0) is 0 Å². The molecule has 0 bridgehead atoms. The zero-order valence-electron chi connectivity index (χ0n) is 8.88. The Kier molecular flexibility index (Phi) is 2.40. The fraction of sp³-hybridized carbons (Fsp3) is 0.200. The summed E-state index contributed by atoms with van der Waals surface area (Å²) in [5, 5.41) is 20.3. The topological polar surface area (TPSA) is 80.9 Å². The molecule has 6 heteroatoms. The van der Waals surface area contributed by atoms with Gasteiger partial charge in [-0.3, -0.25) is 0 Å². The molecular formula is C10H10N4O2. The van der Waals surface area contributed by atoms with Gasteiger partial charge in [-0.05, 0) is 32.0 Å². The fourth-order valence-corrected chi connectivity index (χ4v) is 1.41. The van der Waals surface area contributed by atoms with E-state index >= 15 is 0 Å². The minimum atomic E-state index is -1.09. The van der Waals surface area contributed by atoms with Crippen LogP contribution in [0.2, 0.25) is 0 Å². The zero-order chi connectivity index (χ0) is 11.7. The number of aromatic carboxylic acids is 1.